The first kappa shape index (κ1) is 12.9. The van der Waals surface area contributed by atoms with Crippen LogP contribution in [0.2, 0.25) is 0 Å². The van der Waals surface area contributed by atoms with Gasteiger partial charge in [-0.1, -0.05) is 32.1 Å². The molecule has 0 aliphatic heterocycles. The lowest BCUT2D eigenvalue weighted by Gasteiger charge is -2.21. The molecule has 4 nitrogen and oxygen atoms in total. The maximum atomic E-state index is 11.8. The normalized spacial score (nSPS) is 16.4. The van der Waals surface area contributed by atoms with Crippen LogP contribution in [0.4, 0.5) is 0 Å². The lowest BCUT2D eigenvalue weighted by atomic mass is 9.87. The van der Waals surface area contributed by atoms with E-state index in [1.807, 2.05) is 0 Å². The Hall–Kier alpha value is -1.58. The molecule has 1 aliphatic carbocycles. The smallest absolute Gasteiger partial charge is 0.252 e. The fourth-order valence-corrected chi connectivity index (χ4v) is 2.52. The van der Waals surface area contributed by atoms with E-state index >= 15 is 0 Å². The zero-order chi connectivity index (χ0) is 12.8. The van der Waals surface area contributed by atoms with Gasteiger partial charge in [-0.3, -0.25) is 9.78 Å². The highest BCUT2D eigenvalue weighted by Gasteiger charge is 2.13. The van der Waals surface area contributed by atoms with E-state index in [2.05, 4.69) is 10.3 Å². The Morgan fingerprint density at radius 1 is 1.33 bits per heavy atom. The molecule has 1 heterocycles. The zero-order valence-electron chi connectivity index (χ0n) is 10.6. The van der Waals surface area contributed by atoms with Gasteiger partial charge in [0.05, 0.1) is 11.8 Å². The second-order valence-corrected chi connectivity index (χ2v) is 4.98. The molecule has 0 bridgehead atoms. The number of aromatic hydroxyl groups is 1. The Labute approximate surface area is 107 Å². The molecule has 1 aromatic heterocycles. The van der Waals surface area contributed by atoms with Crippen LogP contribution in [-0.2, 0) is 0 Å². The van der Waals surface area contributed by atoms with E-state index in [1.165, 1.54) is 50.6 Å². The SMILES string of the molecule is O=C(NCCC1CCCCC1)c1cncc(O)c1. The van der Waals surface area contributed by atoms with E-state index in [4.69, 9.17) is 0 Å². The van der Waals surface area contributed by atoms with Gasteiger partial charge in [0.15, 0.2) is 0 Å². The number of aromatic nitrogens is 1. The predicted octanol–water partition coefficient (Wildman–Crippen LogP) is 2.49. The monoisotopic (exact) mass is 248 g/mol. The average Bonchev–Trinajstić information content (AvgIpc) is 2.40. The van der Waals surface area contributed by atoms with Crippen molar-refractivity contribution in [1.29, 1.82) is 0 Å². The van der Waals surface area contributed by atoms with Crippen LogP contribution in [0.15, 0.2) is 18.5 Å². The predicted molar refractivity (Wildman–Crippen MR) is 69.4 cm³/mol. The third kappa shape index (κ3) is 3.72. The topological polar surface area (TPSA) is 62.2 Å². The van der Waals surface area contributed by atoms with Crippen molar-refractivity contribution in [2.45, 2.75) is 38.5 Å². The van der Waals surface area contributed by atoms with Crippen LogP contribution in [0.25, 0.3) is 0 Å². The van der Waals surface area contributed by atoms with Gasteiger partial charge in [0.1, 0.15) is 5.75 Å². The molecule has 1 aromatic rings. The number of nitrogens with one attached hydrogen (secondary N) is 1. The van der Waals surface area contributed by atoms with Gasteiger partial charge in [0, 0.05) is 12.7 Å². The minimum absolute atomic E-state index is 0.0231. The molecule has 0 atom stereocenters. The van der Waals surface area contributed by atoms with Crippen LogP contribution in [0, 0.1) is 5.92 Å². The van der Waals surface area contributed by atoms with Crippen molar-refractivity contribution < 1.29 is 9.90 Å². The Morgan fingerprint density at radius 3 is 2.83 bits per heavy atom. The fraction of sp³-hybridized carbons (Fsp3) is 0.571. The van der Waals surface area contributed by atoms with Gasteiger partial charge in [0.25, 0.3) is 5.91 Å². The summed E-state index contributed by atoms with van der Waals surface area (Å²) in [5, 5.41) is 12.1. The van der Waals surface area contributed by atoms with E-state index < -0.39 is 0 Å². The maximum Gasteiger partial charge on any atom is 0.252 e. The lowest BCUT2D eigenvalue weighted by molar-refractivity contribution is 0.0949. The molecular formula is C14H20N2O2. The van der Waals surface area contributed by atoms with Crippen molar-refractivity contribution in [3.63, 3.8) is 0 Å². The van der Waals surface area contributed by atoms with Crippen molar-refractivity contribution in [3.8, 4) is 5.75 Å². The summed E-state index contributed by atoms with van der Waals surface area (Å²) in [5.74, 6) is 0.630. The summed E-state index contributed by atoms with van der Waals surface area (Å²) in [7, 11) is 0. The van der Waals surface area contributed by atoms with Crippen molar-refractivity contribution >= 4 is 5.91 Å². The van der Waals surface area contributed by atoms with Crippen LogP contribution in [0.3, 0.4) is 0 Å². The van der Waals surface area contributed by atoms with Gasteiger partial charge < -0.3 is 10.4 Å². The fourth-order valence-electron chi connectivity index (χ4n) is 2.52. The lowest BCUT2D eigenvalue weighted by Crippen LogP contribution is -2.26. The van der Waals surface area contributed by atoms with E-state index in [1.54, 1.807) is 0 Å². The molecule has 4 heteroatoms. The molecule has 1 saturated carbocycles. The Bertz CT molecular complexity index is 401. The number of hydrogen-bond donors (Lipinski definition) is 2. The molecule has 18 heavy (non-hydrogen) atoms. The van der Waals surface area contributed by atoms with E-state index in [9.17, 15) is 9.90 Å². The van der Waals surface area contributed by atoms with E-state index in [-0.39, 0.29) is 11.7 Å². The summed E-state index contributed by atoms with van der Waals surface area (Å²) >= 11 is 0. The number of pyridine rings is 1. The van der Waals surface area contributed by atoms with Crippen LogP contribution in [-0.4, -0.2) is 22.5 Å². The minimum atomic E-state index is -0.158. The summed E-state index contributed by atoms with van der Waals surface area (Å²) < 4.78 is 0. The number of rotatable bonds is 4. The minimum Gasteiger partial charge on any atom is -0.506 e. The summed E-state index contributed by atoms with van der Waals surface area (Å²) in [6.07, 6.45) is 10.4. The van der Waals surface area contributed by atoms with Crippen molar-refractivity contribution in [2.24, 2.45) is 5.92 Å². The highest BCUT2D eigenvalue weighted by atomic mass is 16.3. The Balaban J connectivity index is 1.74. The second kappa shape index (κ2) is 6.38. The van der Waals surface area contributed by atoms with Gasteiger partial charge in [-0.2, -0.15) is 0 Å². The maximum absolute atomic E-state index is 11.8. The first-order valence-electron chi connectivity index (χ1n) is 6.68. The summed E-state index contributed by atoms with van der Waals surface area (Å²) in [6.45, 7) is 0.707. The molecule has 0 radical (unpaired) electrons. The highest BCUT2D eigenvalue weighted by molar-refractivity contribution is 5.94. The van der Waals surface area contributed by atoms with Crippen LogP contribution in [0.1, 0.15) is 48.9 Å². The molecule has 0 spiro atoms. The second-order valence-electron chi connectivity index (χ2n) is 4.98. The third-order valence-corrected chi connectivity index (χ3v) is 3.55. The van der Waals surface area contributed by atoms with Crippen LogP contribution >= 0.6 is 0 Å². The zero-order valence-corrected chi connectivity index (χ0v) is 10.6. The van der Waals surface area contributed by atoms with E-state index in [0.717, 1.165) is 12.3 Å². The summed E-state index contributed by atoms with van der Waals surface area (Å²) in [6, 6.07) is 1.43. The number of hydrogen-bond acceptors (Lipinski definition) is 3. The molecular weight excluding hydrogens is 228 g/mol. The molecule has 2 N–H and O–H groups in total. The highest BCUT2D eigenvalue weighted by Crippen LogP contribution is 2.25. The number of amides is 1. The molecule has 1 fully saturated rings. The largest absolute Gasteiger partial charge is 0.506 e. The standard InChI is InChI=1S/C14H20N2O2/c17-13-8-12(9-15-10-13)14(18)16-7-6-11-4-2-1-3-5-11/h8-11,17H,1-7H2,(H,16,18). The van der Waals surface area contributed by atoms with Gasteiger partial charge >= 0.3 is 0 Å². The average molecular weight is 248 g/mol. The van der Waals surface area contributed by atoms with Crippen LogP contribution in [0.5, 0.6) is 5.75 Å². The molecule has 98 valence electrons. The van der Waals surface area contributed by atoms with Crippen molar-refractivity contribution in [1.82, 2.24) is 10.3 Å². The van der Waals surface area contributed by atoms with Gasteiger partial charge in [0.2, 0.25) is 0 Å². The number of carbonyl (C=O) groups is 1. The molecule has 0 unspecified atom stereocenters. The van der Waals surface area contributed by atoms with Crippen molar-refractivity contribution in [3.05, 3.63) is 24.0 Å². The summed E-state index contributed by atoms with van der Waals surface area (Å²) in [5.41, 5.74) is 0.415. The number of nitrogens with zero attached hydrogens (tertiary/aromatic N) is 1. The van der Waals surface area contributed by atoms with Crippen molar-refractivity contribution in [2.75, 3.05) is 6.54 Å². The van der Waals surface area contributed by atoms with Gasteiger partial charge in [-0.05, 0) is 18.4 Å². The Morgan fingerprint density at radius 2 is 2.11 bits per heavy atom. The first-order valence-corrected chi connectivity index (χ1v) is 6.68. The first-order chi connectivity index (χ1) is 8.75. The van der Waals surface area contributed by atoms with E-state index in [0.29, 0.717) is 12.1 Å². The molecule has 2 rings (SSSR count). The molecule has 1 amide bonds. The van der Waals surface area contributed by atoms with Crippen LogP contribution < -0.4 is 5.32 Å². The molecule has 0 aromatic carbocycles. The van der Waals surface area contributed by atoms with Gasteiger partial charge in [-0.25, -0.2) is 0 Å². The Kier molecular flexibility index (Phi) is 4.56. The number of carbonyl (C=O) groups excluding carboxylic acids is 1. The quantitative estimate of drug-likeness (QED) is 0.860. The van der Waals surface area contributed by atoms with Gasteiger partial charge in [-0.15, -0.1) is 0 Å². The third-order valence-electron chi connectivity index (χ3n) is 3.55. The summed E-state index contributed by atoms with van der Waals surface area (Å²) in [4.78, 5) is 15.6. The molecule has 1 aliphatic rings. The molecule has 0 saturated heterocycles.